The van der Waals surface area contributed by atoms with Crippen molar-refractivity contribution in [2.75, 3.05) is 26.2 Å². The molecule has 1 N–H and O–H groups in total. The first kappa shape index (κ1) is 14.2. The monoisotopic (exact) mass is 248 g/mol. The summed E-state index contributed by atoms with van der Waals surface area (Å²) in [5.41, 5.74) is 0.0296. The van der Waals surface area contributed by atoms with Crippen LogP contribution in [0.4, 0.5) is 0 Å². The minimum Gasteiger partial charge on any atom is -0.359 e. The minimum atomic E-state index is -0.104. The van der Waals surface area contributed by atoms with Crippen LogP contribution in [-0.2, 0) is 4.74 Å². The molecule has 0 spiro atoms. The number of rotatable bonds is 2. The summed E-state index contributed by atoms with van der Waals surface area (Å²) in [7, 11) is 0. The molecule has 2 aliphatic heterocycles. The second kappa shape index (κ2) is 4.81. The number of nitrogens with zero attached hydrogens (tertiary/aromatic N) is 1. The molecule has 4 heteroatoms. The van der Waals surface area contributed by atoms with E-state index < -0.39 is 0 Å². The molecule has 0 aromatic carbocycles. The Bertz CT molecular complexity index is 247. The molecular weight excluding hydrogens is 224 g/mol. The van der Waals surface area contributed by atoms with Gasteiger partial charge in [0.2, 0.25) is 0 Å². The highest BCUT2D eigenvalue weighted by Gasteiger charge is 2.47. The van der Waals surface area contributed by atoms with Gasteiger partial charge in [0.25, 0.3) is 0 Å². The summed E-state index contributed by atoms with van der Waals surface area (Å²) in [5.74, 6) is 0.638. The van der Waals surface area contributed by atoms with E-state index in [0.29, 0.717) is 5.92 Å². The topological polar surface area (TPSA) is 24.5 Å². The molecule has 2 unspecified atom stereocenters. The van der Waals surface area contributed by atoms with Crippen molar-refractivity contribution in [3.63, 3.8) is 0 Å². The Morgan fingerprint density at radius 3 is 2.50 bits per heavy atom. The van der Waals surface area contributed by atoms with Gasteiger partial charge in [-0.3, -0.25) is 5.32 Å². The first-order valence-electron chi connectivity index (χ1n) is 6.11. The van der Waals surface area contributed by atoms with Crippen molar-refractivity contribution >= 4 is 12.4 Å². The zero-order valence-corrected chi connectivity index (χ0v) is 11.7. The minimum absolute atomic E-state index is 0. The van der Waals surface area contributed by atoms with Gasteiger partial charge in [-0.25, -0.2) is 0 Å². The molecule has 3 nitrogen and oxygen atoms in total. The summed E-state index contributed by atoms with van der Waals surface area (Å²) < 4.78 is 5.99. The Labute approximate surface area is 105 Å². The van der Waals surface area contributed by atoms with Crippen LogP contribution < -0.4 is 5.32 Å². The summed E-state index contributed by atoms with van der Waals surface area (Å²) in [4.78, 5) is 2.51. The fraction of sp³-hybridized carbons (Fsp3) is 1.00. The maximum absolute atomic E-state index is 5.99. The van der Waals surface area contributed by atoms with Gasteiger partial charge in [-0.1, -0.05) is 6.92 Å². The maximum atomic E-state index is 5.99. The lowest BCUT2D eigenvalue weighted by Crippen LogP contribution is -2.51. The van der Waals surface area contributed by atoms with Crippen LogP contribution in [0.2, 0.25) is 0 Å². The van der Waals surface area contributed by atoms with Crippen LogP contribution in [0.1, 0.15) is 34.1 Å². The summed E-state index contributed by atoms with van der Waals surface area (Å²) in [6.45, 7) is 13.3. The molecule has 2 saturated heterocycles. The number of likely N-dealkylation sites (tertiary alicyclic amines) is 1. The van der Waals surface area contributed by atoms with Gasteiger partial charge in [-0.2, -0.15) is 0 Å². The molecular formula is C12H25ClN2O. The van der Waals surface area contributed by atoms with Crippen LogP contribution >= 0.6 is 12.4 Å². The molecule has 0 aliphatic carbocycles. The van der Waals surface area contributed by atoms with Gasteiger partial charge in [0, 0.05) is 18.0 Å². The van der Waals surface area contributed by atoms with Crippen LogP contribution in [0.25, 0.3) is 0 Å². The fourth-order valence-corrected chi connectivity index (χ4v) is 2.86. The third kappa shape index (κ3) is 2.70. The molecule has 2 atom stereocenters. The Hall–Kier alpha value is 0.170. The smallest absolute Gasteiger partial charge is 0.121 e. The summed E-state index contributed by atoms with van der Waals surface area (Å²) in [5, 5.41) is 3.64. The lowest BCUT2D eigenvalue weighted by molar-refractivity contribution is -0.0394. The van der Waals surface area contributed by atoms with Crippen molar-refractivity contribution in [2.24, 2.45) is 5.92 Å². The lowest BCUT2D eigenvalue weighted by atomic mass is 9.95. The number of hydrogen-bond donors (Lipinski definition) is 1. The van der Waals surface area contributed by atoms with E-state index in [-0.39, 0.29) is 23.7 Å². The largest absolute Gasteiger partial charge is 0.359 e. The molecule has 2 fully saturated rings. The highest BCUT2D eigenvalue weighted by Crippen LogP contribution is 2.34. The van der Waals surface area contributed by atoms with Gasteiger partial charge in [0.15, 0.2) is 0 Å². The number of nitrogens with one attached hydrogen (secondary N) is 1. The first-order valence-corrected chi connectivity index (χ1v) is 6.11. The number of ether oxygens (including phenoxy) is 1. The number of halogens is 1. The molecule has 0 radical (unpaired) electrons. The first-order chi connectivity index (χ1) is 6.95. The third-order valence-corrected chi connectivity index (χ3v) is 3.82. The van der Waals surface area contributed by atoms with Crippen molar-refractivity contribution in [3.05, 3.63) is 0 Å². The molecule has 0 bridgehead atoms. The Balaban J connectivity index is 0.00000128. The van der Waals surface area contributed by atoms with Crippen LogP contribution in [-0.4, -0.2) is 42.4 Å². The zero-order valence-electron chi connectivity index (χ0n) is 10.9. The Morgan fingerprint density at radius 2 is 2.06 bits per heavy atom. The molecule has 0 saturated carbocycles. The van der Waals surface area contributed by atoms with Crippen LogP contribution in [0.15, 0.2) is 0 Å². The van der Waals surface area contributed by atoms with E-state index in [4.69, 9.17) is 4.74 Å². The van der Waals surface area contributed by atoms with Crippen LogP contribution in [0.3, 0.4) is 0 Å². The number of hydrogen-bond acceptors (Lipinski definition) is 3. The summed E-state index contributed by atoms with van der Waals surface area (Å²) in [6.07, 6.45) is 1.26. The van der Waals surface area contributed by atoms with E-state index in [9.17, 15) is 0 Å². The maximum Gasteiger partial charge on any atom is 0.121 e. The van der Waals surface area contributed by atoms with E-state index in [1.54, 1.807) is 0 Å². The molecule has 2 rings (SSSR count). The predicted octanol–water partition coefficient (Wildman–Crippen LogP) is 1.86. The molecule has 2 aliphatic rings. The Kier molecular flexibility index (Phi) is 4.28. The van der Waals surface area contributed by atoms with Gasteiger partial charge in [-0.05, 0) is 40.3 Å². The van der Waals surface area contributed by atoms with Gasteiger partial charge in [0.05, 0.1) is 6.61 Å². The van der Waals surface area contributed by atoms with E-state index in [2.05, 4.69) is 37.9 Å². The van der Waals surface area contributed by atoms with Gasteiger partial charge in [-0.15, -0.1) is 12.4 Å². The molecule has 0 amide bonds. The molecule has 0 aromatic heterocycles. The van der Waals surface area contributed by atoms with Crippen LogP contribution in [0.5, 0.6) is 0 Å². The predicted molar refractivity (Wildman–Crippen MR) is 69.0 cm³/mol. The summed E-state index contributed by atoms with van der Waals surface area (Å²) >= 11 is 0. The highest BCUT2D eigenvalue weighted by atomic mass is 35.5. The van der Waals surface area contributed by atoms with Gasteiger partial charge in [0.1, 0.15) is 5.72 Å². The van der Waals surface area contributed by atoms with Crippen molar-refractivity contribution < 1.29 is 4.74 Å². The third-order valence-electron chi connectivity index (χ3n) is 3.82. The highest BCUT2D eigenvalue weighted by molar-refractivity contribution is 5.85. The van der Waals surface area contributed by atoms with E-state index in [1.165, 1.54) is 19.5 Å². The quantitative estimate of drug-likeness (QED) is 0.808. The lowest BCUT2D eigenvalue weighted by Gasteiger charge is -2.32. The second-order valence-corrected chi connectivity index (χ2v) is 5.78. The van der Waals surface area contributed by atoms with E-state index >= 15 is 0 Å². The van der Waals surface area contributed by atoms with E-state index in [0.717, 1.165) is 13.2 Å². The average Bonchev–Trinajstić information content (AvgIpc) is 2.71. The molecule has 2 heterocycles. The van der Waals surface area contributed by atoms with Gasteiger partial charge < -0.3 is 9.64 Å². The standard InChI is InChI=1S/C12H24N2O.ClH/c1-5-14-7-6-10(8-14)12(4)13-11(2,3)9-15-12;/h10,13H,5-9H2,1-4H3;1H. The zero-order chi connectivity index (χ0) is 11.1. The van der Waals surface area contributed by atoms with Gasteiger partial charge >= 0.3 is 0 Å². The fourth-order valence-electron chi connectivity index (χ4n) is 2.86. The molecule has 0 aromatic rings. The summed E-state index contributed by atoms with van der Waals surface area (Å²) in [6, 6.07) is 0. The SMILES string of the molecule is CCN1CCC(C2(C)NC(C)(C)CO2)C1.Cl. The second-order valence-electron chi connectivity index (χ2n) is 5.78. The Morgan fingerprint density at radius 1 is 1.38 bits per heavy atom. The van der Waals surface area contributed by atoms with Crippen molar-refractivity contribution in [1.82, 2.24) is 10.2 Å². The van der Waals surface area contributed by atoms with Crippen LogP contribution in [0, 0.1) is 5.92 Å². The van der Waals surface area contributed by atoms with Crippen molar-refractivity contribution in [3.8, 4) is 0 Å². The average molecular weight is 249 g/mol. The van der Waals surface area contributed by atoms with Crippen molar-refractivity contribution in [1.29, 1.82) is 0 Å². The molecule has 16 heavy (non-hydrogen) atoms. The molecule has 96 valence electrons. The van der Waals surface area contributed by atoms with E-state index in [1.807, 2.05) is 0 Å². The normalized spacial score (nSPS) is 38.6. The van der Waals surface area contributed by atoms with Crippen molar-refractivity contribution in [2.45, 2.75) is 45.4 Å².